The number of halogens is 2. The molecule has 0 radical (unpaired) electrons. The second kappa shape index (κ2) is 8.89. The Morgan fingerprint density at radius 1 is 1.21 bits per heavy atom. The highest BCUT2D eigenvalue weighted by Crippen LogP contribution is 2.20. The highest BCUT2D eigenvalue weighted by molar-refractivity contribution is 6.31. The standard InChI is InChI=1S/C19H16ClFO3/c1-2-11-23-19(22)10-5-14-3-8-17(9-4-14)24-13-15-6-7-16(21)12-18(15)20/h2-10,12H,1,11,13H2/b10-5+. The molecule has 0 saturated carbocycles. The van der Waals surface area contributed by atoms with E-state index in [0.29, 0.717) is 16.3 Å². The number of hydrogen-bond donors (Lipinski definition) is 0. The van der Waals surface area contributed by atoms with Crippen molar-refractivity contribution in [2.24, 2.45) is 0 Å². The van der Waals surface area contributed by atoms with Crippen LogP contribution in [0.15, 0.2) is 61.2 Å². The maximum Gasteiger partial charge on any atom is 0.331 e. The minimum absolute atomic E-state index is 0.182. The number of esters is 1. The molecule has 2 aromatic rings. The van der Waals surface area contributed by atoms with Gasteiger partial charge in [0.05, 0.1) is 5.02 Å². The molecule has 3 nitrogen and oxygen atoms in total. The van der Waals surface area contributed by atoms with Crippen LogP contribution in [0, 0.1) is 5.82 Å². The maximum absolute atomic E-state index is 13.0. The molecule has 0 aliphatic rings. The van der Waals surface area contributed by atoms with Crippen molar-refractivity contribution in [3.05, 3.63) is 83.2 Å². The molecule has 124 valence electrons. The Bertz CT molecular complexity index is 739. The van der Waals surface area contributed by atoms with Crippen molar-refractivity contribution in [3.8, 4) is 5.75 Å². The fraction of sp³-hybridized carbons (Fsp3) is 0.105. The molecule has 0 N–H and O–H groups in total. The van der Waals surface area contributed by atoms with Crippen LogP contribution in [0.2, 0.25) is 5.02 Å². The van der Waals surface area contributed by atoms with Crippen molar-refractivity contribution < 1.29 is 18.7 Å². The normalized spacial score (nSPS) is 10.6. The molecule has 2 aromatic carbocycles. The van der Waals surface area contributed by atoms with Gasteiger partial charge in [-0.2, -0.15) is 0 Å². The molecule has 5 heteroatoms. The lowest BCUT2D eigenvalue weighted by Crippen LogP contribution is -1.99. The third kappa shape index (κ3) is 5.56. The van der Waals surface area contributed by atoms with E-state index in [4.69, 9.17) is 21.1 Å². The molecule has 0 aromatic heterocycles. The van der Waals surface area contributed by atoms with E-state index in [2.05, 4.69) is 6.58 Å². The zero-order chi connectivity index (χ0) is 17.4. The predicted octanol–water partition coefficient (Wildman–Crippen LogP) is 4.80. The van der Waals surface area contributed by atoms with Crippen molar-refractivity contribution in [3.63, 3.8) is 0 Å². The van der Waals surface area contributed by atoms with E-state index in [1.165, 1.54) is 24.3 Å². The fourth-order valence-corrected chi connectivity index (χ4v) is 2.05. The first-order valence-corrected chi connectivity index (χ1v) is 7.59. The molecule has 0 bridgehead atoms. The van der Waals surface area contributed by atoms with E-state index in [1.807, 2.05) is 0 Å². The molecule has 0 unspecified atom stereocenters. The summed E-state index contributed by atoms with van der Waals surface area (Å²) in [5.74, 6) is -0.172. The molecule has 0 saturated heterocycles. The first-order valence-electron chi connectivity index (χ1n) is 7.21. The van der Waals surface area contributed by atoms with Crippen LogP contribution in [-0.2, 0) is 16.1 Å². The summed E-state index contributed by atoms with van der Waals surface area (Å²) in [5, 5.41) is 0.326. The topological polar surface area (TPSA) is 35.5 Å². The molecule has 0 spiro atoms. The smallest absolute Gasteiger partial charge is 0.331 e. The predicted molar refractivity (Wildman–Crippen MR) is 92.4 cm³/mol. The van der Waals surface area contributed by atoms with Gasteiger partial charge in [0, 0.05) is 11.6 Å². The number of benzene rings is 2. The average Bonchev–Trinajstić information content (AvgIpc) is 2.58. The van der Waals surface area contributed by atoms with Crippen molar-refractivity contribution in [1.82, 2.24) is 0 Å². The van der Waals surface area contributed by atoms with Crippen LogP contribution in [0.1, 0.15) is 11.1 Å². The summed E-state index contributed by atoms with van der Waals surface area (Å²) in [4.78, 5) is 11.3. The van der Waals surface area contributed by atoms with Gasteiger partial charge in [0.1, 0.15) is 24.8 Å². The third-order valence-corrected chi connectivity index (χ3v) is 3.40. The highest BCUT2D eigenvalue weighted by atomic mass is 35.5. The van der Waals surface area contributed by atoms with Crippen LogP contribution in [0.3, 0.4) is 0 Å². The van der Waals surface area contributed by atoms with Gasteiger partial charge in [0.15, 0.2) is 0 Å². The fourth-order valence-electron chi connectivity index (χ4n) is 1.83. The van der Waals surface area contributed by atoms with Gasteiger partial charge in [0.2, 0.25) is 0 Å². The Hall–Kier alpha value is -2.59. The summed E-state index contributed by atoms with van der Waals surface area (Å²) in [5.41, 5.74) is 1.53. The van der Waals surface area contributed by atoms with Crippen molar-refractivity contribution in [2.75, 3.05) is 6.61 Å². The second-order valence-corrected chi connectivity index (χ2v) is 5.25. The summed E-state index contributed by atoms with van der Waals surface area (Å²) >= 11 is 5.95. The Balaban J connectivity index is 1.91. The minimum Gasteiger partial charge on any atom is -0.489 e. The van der Waals surface area contributed by atoms with Crippen molar-refractivity contribution in [2.45, 2.75) is 6.61 Å². The summed E-state index contributed by atoms with van der Waals surface area (Å²) in [7, 11) is 0. The number of ether oxygens (including phenoxy) is 2. The van der Waals surface area contributed by atoms with Crippen LogP contribution in [0.5, 0.6) is 5.75 Å². The van der Waals surface area contributed by atoms with E-state index in [0.717, 1.165) is 5.56 Å². The van der Waals surface area contributed by atoms with Crippen molar-refractivity contribution in [1.29, 1.82) is 0 Å². The average molecular weight is 347 g/mol. The Morgan fingerprint density at radius 2 is 1.96 bits per heavy atom. The van der Waals surface area contributed by atoms with Gasteiger partial charge in [0.25, 0.3) is 0 Å². The Labute approximate surface area is 145 Å². The second-order valence-electron chi connectivity index (χ2n) is 4.85. The molecular weight excluding hydrogens is 331 g/mol. The first-order chi connectivity index (χ1) is 11.6. The van der Waals surface area contributed by atoms with Gasteiger partial charge in [-0.15, -0.1) is 0 Å². The number of rotatable bonds is 7. The molecule has 0 amide bonds. The quantitative estimate of drug-likeness (QED) is 0.410. The van der Waals surface area contributed by atoms with E-state index in [-0.39, 0.29) is 19.0 Å². The monoisotopic (exact) mass is 346 g/mol. The lowest BCUT2D eigenvalue weighted by atomic mass is 10.2. The third-order valence-electron chi connectivity index (χ3n) is 3.04. The summed E-state index contributed by atoms with van der Waals surface area (Å²) in [6.07, 6.45) is 4.49. The molecule has 0 aliphatic carbocycles. The minimum atomic E-state index is -0.429. The lowest BCUT2D eigenvalue weighted by molar-refractivity contribution is -0.136. The molecule has 0 atom stereocenters. The van der Waals surface area contributed by atoms with Crippen LogP contribution >= 0.6 is 11.6 Å². The van der Waals surface area contributed by atoms with E-state index in [9.17, 15) is 9.18 Å². The highest BCUT2D eigenvalue weighted by Gasteiger charge is 2.03. The number of carbonyl (C=O) groups excluding carboxylic acids is 1. The van der Waals surface area contributed by atoms with Crippen LogP contribution in [0.25, 0.3) is 6.08 Å². The lowest BCUT2D eigenvalue weighted by Gasteiger charge is -2.08. The summed E-state index contributed by atoms with van der Waals surface area (Å²) in [6.45, 7) is 3.89. The summed E-state index contributed by atoms with van der Waals surface area (Å²) in [6, 6.07) is 11.3. The van der Waals surface area contributed by atoms with Gasteiger partial charge in [-0.05, 0) is 35.9 Å². The molecule has 2 rings (SSSR count). The van der Waals surface area contributed by atoms with Gasteiger partial charge in [-0.3, -0.25) is 0 Å². The van der Waals surface area contributed by atoms with Gasteiger partial charge < -0.3 is 9.47 Å². The van der Waals surface area contributed by atoms with Crippen LogP contribution in [0.4, 0.5) is 4.39 Å². The van der Waals surface area contributed by atoms with E-state index in [1.54, 1.807) is 36.4 Å². The largest absolute Gasteiger partial charge is 0.489 e. The number of hydrogen-bond acceptors (Lipinski definition) is 3. The SMILES string of the molecule is C=CCOC(=O)/C=C/c1ccc(OCc2ccc(F)cc2Cl)cc1. The molecule has 0 aliphatic heterocycles. The van der Waals surface area contributed by atoms with Gasteiger partial charge in [-0.25, -0.2) is 9.18 Å². The number of carbonyl (C=O) groups is 1. The van der Waals surface area contributed by atoms with E-state index >= 15 is 0 Å². The molecule has 0 fully saturated rings. The summed E-state index contributed by atoms with van der Waals surface area (Å²) < 4.78 is 23.4. The van der Waals surface area contributed by atoms with Crippen LogP contribution < -0.4 is 4.74 Å². The van der Waals surface area contributed by atoms with E-state index < -0.39 is 5.97 Å². The molecule has 0 heterocycles. The Kier molecular flexibility index (Phi) is 6.58. The first kappa shape index (κ1) is 17.8. The zero-order valence-corrected chi connectivity index (χ0v) is 13.6. The molecular formula is C19H16ClFO3. The van der Waals surface area contributed by atoms with Gasteiger partial charge >= 0.3 is 5.97 Å². The molecule has 24 heavy (non-hydrogen) atoms. The van der Waals surface area contributed by atoms with Gasteiger partial charge in [-0.1, -0.05) is 42.5 Å². The van der Waals surface area contributed by atoms with Crippen molar-refractivity contribution >= 4 is 23.6 Å². The zero-order valence-electron chi connectivity index (χ0n) is 12.9. The maximum atomic E-state index is 13.0. The van der Waals surface area contributed by atoms with Crippen LogP contribution in [-0.4, -0.2) is 12.6 Å². The Morgan fingerprint density at radius 3 is 2.62 bits per heavy atom.